The van der Waals surface area contributed by atoms with Gasteiger partial charge in [0.2, 0.25) is 0 Å². The molecule has 0 atom stereocenters. The van der Waals surface area contributed by atoms with E-state index < -0.39 is 0 Å². The average molecular weight is 212 g/mol. The molecule has 0 aromatic rings. The Bertz CT molecular complexity index is 308. The van der Waals surface area contributed by atoms with Crippen LogP contribution >= 0.6 is 11.6 Å². The third kappa shape index (κ3) is 1.48. The van der Waals surface area contributed by atoms with Gasteiger partial charge in [0.1, 0.15) is 0 Å². The second kappa shape index (κ2) is 3.30. The van der Waals surface area contributed by atoms with E-state index in [2.05, 4.69) is 32.2 Å². The normalized spacial score (nSPS) is 24.8. The van der Waals surface area contributed by atoms with Crippen LogP contribution in [0.4, 0.5) is 0 Å². The van der Waals surface area contributed by atoms with E-state index in [9.17, 15) is 0 Å². The second-order valence-electron chi connectivity index (χ2n) is 4.88. The van der Waals surface area contributed by atoms with Crippen LogP contribution in [0.25, 0.3) is 0 Å². The van der Waals surface area contributed by atoms with Gasteiger partial charge in [-0.1, -0.05) is 31.0 Å². The van der Waals surface area contributed by atoms with E-state index in [1.54, 1.807) is 0 Å². The van der Waals surface area contributed by atoms with Crippen molar-refractivity contribution in [1.29, 1.82) is 0 Å². The molecule has 0 aromatic carbocycles. The molecule has 0 aromatic heterocycles. The van der Waals surface area contributed by atoms with Crippen molar-refractivity contribution >= 4 is 11.6 Å². The minimum absolute atomic E-state index is 0.369. The summed E-state index contributed by atoms with van der Waals surface area (Å²) in [6.07, 6.45) is 4.68. The third-order valence-electron chi connectivity index (χ3n) is 3.55. The number of hydrogen-bond donors (Lipinski definition) is 1. The summed E-state index contributed by atoms with van der Waals surface area (Å²) in [5.41, 5.74) is 2.98. The summed E-state index contributed by atoms with van der Waals surface area (Å²) in [6.45, 7) is 7.65. The molecule has 0 amide bonds. The highest BCUT2D eigenvalue weighted by Gasteiger charge is 2.49. The van der Waals surface area contributed by atoms with Crippen LogP contribution in [0.3, 0.4) is 0 Å². The van der Waals surface area contributed by atoms with Crippen molar-refractivity contribution in [3.63, 3.8) is 0 Å². The Morgan fingerprint density at radius 2 is 2.07 bits per heavy atom. The molecule has 0 radical (unpaired) electrons. The van der Waals surface area contributed by atoms with Crippen LogP contribution in [0.1, 0.15) is 33.6 Å². The van der Waals surface area contributed by atoms with Gasteiger partial charge in [-0.15, -0.1) is 0 Å². The maximum Gasteiger partial charge on any atom is 0.0601 e. The molecule has 2 rings (SSSR count). The number of rotatable bonds is 2. The fourth-order valence-electron chi connectivity index (χ4n) is 2.32. The minimum Gasteiger partial charge on any atom is -0.383 e. The number of nitrogens with one attached hydrogen (secondary N) is 1. The van der Waals surface area contributed by atoms with Crippen LogP contribution in [0.5, 0.6) is 0 Å². The summed E-state index contributed by atoms with van der Waals surface area (Å²) in [5.74, 6) is 0.686. The van der Waals surface area contributed by atoms with Gasteiger partial charge in [-0.05, 0) is 31.8 Å². The monoisotopic (exact) mass is 211 g/mol. The topological polar surface area (TPSA) is 12.0 Å². The molecule has 78 valence electrons. The fraction of sp³-hybridized carbons (Fsp3) is 0.667. The summed E-state index contributed by atoms with van der Waals surface area (Å²) < 4.78 is 0. The lowest BCUT2D eigenvalue weighted by Crippen LogP contribution is -2.29. The first kappa shape index (κ1) is 10.1. The highest BCUT2D eigenvalue weighted by Crippen LogP contribution is 2.58. The molecule has 1 aliphatic carbocycles. The first-order chi connectivity index (χ1) is 6.56. The molecule has 0 bridgehead atoms. The zero-order valence-electron chi connectivity index (χ0n) is 9.15. The lowest BCUT2D eigenvalue weighted by molar-refractivity contribution is 0.397. The Hall–Kier alpha value is -0.430. The Labute approximate surface area is 91.2 Å². The number of hydrogen-bond acceptors (Lipinski definition) is 1. The van der Waals surface area contributed by atoms with E-state index in [1.807, 2.05) is 0 Å². The average Bonchev–Trinajstić information content (AvgIpc) is 2.84. The van der Waals surface area contributed by atoms with Gasteiger partial charge in [-0.2, -0.15) is 0 Å². The minimum atomic E-state index is 0.369. The lowest BCUT2D eigenvalue weighted by Gasteiger charge is -2.28. The molecule has 2 aliphatic rings. The van der Waals surface area contributed by atoms with Gasteiger partial charge in [-0.25, -0.2) is 0 Å². The van der Waals surface area contributed by atoms with Crippen LogP contribution in [-0.2, 0) is 0 Å². The molecular formula is C12H18ClN. The van der Waals surface area contributed by atoms with Gasteiger partial charge in [-0.3, -0.25) is 0 Å². The molecule has 0 saturated heterocycles. The molecule has 1 nitrogen and oxygen atoms in total. The smallest absolute Gasteiger partial charge is 0.0601 e. The van der Waals surface area contributed by atoms with E-state index in [1.165, 1.54) is 24.1 Å². The Balaban J connectivity index is 2.31. The summed E-state index contributed by atoms with van der Waals surface area (Å²) in [4.78, 5) is 0. The SMILES string of the molecule is CC1=CC(Cl)=C(C2(C(C)C)CC2)NC1. The second-order valence-corrected chi connectivity index (χ2v) is 5.29. The van der Waals surface area contributed by atoms with Crippen molar-refractivity contribution in [2.24, 2.45) is 11.3 Å². The maximum atomic E-state index is 6.29. The van der Waals surface area contributed by atoms with E-state index in [4.69, 9.17) is 11.6 Å². The third-order valence-corrected chi connectivity index (χ3v) is 3.85. The van der Waals surface area contributed by atoms with E-state index >= 15 is 0 Å². The van der Waals surface area contributed by atoms with Crippen LogP contribution < -0.4 is 5.32 Å². The molecule has 1 heterocycles. The largest absolute Gasteiger partial charge is 0.383 e. The molecule has 0 spiro atoms. The molecular weight excluding hydrogens is 194 g/mol. The number of allylic oxidation sites excluding steroid dienone is 3. The van der Waals surface area contributed by atoms with Crippen LogP contribution in [0.15, 0.2) is 22.4 Å². The van der Waals surface area contributed by atoms with Crippen molar-refractivity contribution in [3.05, 3.63) is 22.4 Å². The van der Waals surface area contributed by atoms with Crippen molar-refractivity contribution in [3.8, 4) is 0 Å². The molecule has 0 unspecified atom stereocenters. The predicted octanol–water partition coefficient (Wildman–Crippen LogP) is 3.42. The highest BCUT2D eigenvalue weighted by atomic mass is 35.5. The first-order valence-electron chi connectivity index (χ1n) is 5.37. The molecule has 1 aliphatic heterocycles. The predicted molar refractivity (Wildman–Crippen MR) is 61.1 cm³/mol. The van der Waals surface area contributed by atoms with E-state index in [0.717, 1.165) is 11.6 Å². The van der Waals surface area contributed by atoms with Gasteiger partial charge in [0, 0.05) is 17.7 Å². The van der Waals surface area contributed by atoms with Crippen LogP contribution in [0, 0.1) is 11.3 Å². The Morgan fingerprint density at radius 1 is 1.43 bits per heavy atom. The maximum absolute atomic E-state index is 6.29. The molecule has 1 fully saturated rings. The van der Waals surface area contributed by atoms with Gasteiger partial charge >= 0.3 is 0 Å². The van der Waals surface area contributed by atoms with Crippen LogP contribution in [0.2, 0.25) is 0 Å². The standard InChI is InChI=1S/C12H18ClN/c1-8(2)12(4-5-12)11-10(13)6-9(3)7-14-11/h6,8,14H,4-5,7H2,1-3H3. The molecule has 2 heteroatoms. The fourth-order valence-corrected chi connectivity index (χ4v) is 2.76. The van der Waals surface area contributed by atoms with E-state index in [0.29, 0.717) is 11.3 Å². The van der Waals surface area contributed by atoms with Gasteiger partial charge in [0.15, 0.2) is 0 Å². The lowest BCUT2D eigenvalue weighted by atomic mass is 9.87. The quantitative estimate of drug-likeness (QED) is 0.738. The number of halogens is 1. The van der Waals surface area contributed by atoms with Crippen molar-refractivity contribution in [2.45, 2.75) is 33.6 Å². The zero-order valence-corrected chi connectivity index (χ0v) is 9.91. The van der Waals surface area contributed by atoms with Gasteiger partial charge in [0.05, 0.1) is 5.03 Å². The Kier molecular flexibility index (Phi) is 2.38. The summed E-state index contributed by atoms with van der Waals surface area (Å²) in [7, 11) is 0. The number of dihydropyridines is 1. The van der Waals surface area contributed by atoms with Crippen molar-refractivity contribution < 1.29 is 0 Å². The highest BCUT2D eigenvalue weighted by molar-refractivity contribution is 6.31. The van der Waals surface area contributed by atoms with E-state index in [-0.39, 0.29) is 0 Å². The van der Waals surface area contributed by atoms with Crippen LogP contribution in [-0.4, -0.2) is 6.54 Å². The van der Waals surface area contributed by atoms with Crippen molar-refractivity contribution in [2.75, 3.05) is 6.54 Å². The van der Waals surface area contributed by atoms with Crippen molar-refractivity contribution in [1.82, 2.24) is 5.32 Å². The van der Waals surface area contributed by atoms with Gasteiger partial charge in [0.25, 0.3) is 0 Å². The molecule has 14 heavy (non-hydrogen) atoms. The summed E-state index contributed by atoms with van der Waals surface area (Å²) >= 11 is 6.29. The Morgan fingerprint density at radius 3 is 2.50 bits per heavy atom. The zero-order chi connectivity index (χ0) is 10.3. The molecule has 1 saturated carbocycles. The molecule has 1 N–H and O–H groups in total. The van der Waals surface area contributed by atoms with Gasteiger partial charge < -0.3 is 5.32 Å². The summed E-state index contributed by atoms with van der Waals surface area (Å²) in [5, 5.41) is 4.41. The summed E-state index contributed by atoms with van der Waals surface area (Å²) in [6, 6.07) is 0. The first-order valence-corrected chi connectivity index (χ1v) is 5.75.